The first-order chi connectivity index (χ1) is 7.18. The van der Waals surface area contributed by atoms with Crippen molar-refractivity contribution in [3.8, 4) is 0 Å². The average molecular weight is 264 g/mol. The van der Waals surface area contributed by atoms with Crippen LogP contribution in [0.1, 0.15) is 5.56 Å². The monoisotopic (exact) mass is 264 g/mol. The standard InChI is InChI=1S/C8H12N2O4S2/c1-15(11,12)7-3-2-4-8(6(7)5-9)16(10,13)14/h2-4H,5,9H2,1H3,(H2,10,13,14). The highest BCUT2D eigenvalue weighted by molar-refractivity contribution is 7.91. The third-order valence-electron chi connectivity index (χ3n) is 2.00. The first-order valence-electron chi connectivity index (χ1n) is 4.22. The van der Waals surface area contributed by atoms with Gasteiger partial charge in [-0.3, -0.25) is 0 Å². The Morgan fingerprint density at radius 2 is 1.62 bits per heavy atom. The van der Waals surface area contributed by atoms with Crippen molar-refractivity contribution in [3.63, 3.8) is 0 Å². The highest BCUT2D eigenvalue weighted by atomic mass is 32.2. The number of sulfone groups is 1. The normalized spacial score (nSPS) is 12.7. The lowest BCUT2D eigenvalue weighted by Crippen LogP contribution is -2.18. The molecule has 0 saturated carbocycles. The van der Waals surface area contributed by atoms with Gasteiger partial charge in [-0.15, -0.1) is 0 Å². The van der Waals surface area contributed by atoms with E-state index in [0.717, 1.165) is 6.26 Å². The summed E-state index contributed by atoms with van der Waals surface area (Å²) in [4.78, 5) is -0.362. The van der Waals surface area contributed by atoms with Crippen LogP contribution in [0.25, 0.3) is 0 Å². The van der Waals surface area contributed by atoms with Crippen LogP contribution in [0.5, 0.6) is 0 Å². The molecule has 0 aliphatic rings. The van der Waals surface area contributed by atoms with Gasteiger partial charge in [0.25, 0.3) is 0 Å². The van der Waals surface area contributed by atoms with Gasteiger partial charge in [-0.2, -0.15) is 0 Å². The van der Waals surface area contributed by atoms with E-state index < -0.39 is 19.9 Å². The molecule has 8 heteroatoms. The summed E-state index contributed by atoms with van der Waals surface area (Å²) in [6.45, 7) is -0.213. The molecule has 1 aromatic rings. The minimum Gasteiger partial charge on any atom is -0.326 e. The van der Waals surface area contributed by atoms with Crippen LogP contribution in [-0.4, -0.2) is 23.1 Å². The zero-order valence-corrected chi connectivity index (χ0v) is 10.2. The van der Waals surface area contributed by atoms with Gasteiger partial charge in [-0.1, -0.05) is 6.07 Å². The van der Waals surface area contributed by atoms with Gasteiger partial charge in [0.05, 0.1) is 9.79 Å². The number of hydrogen-bond donors (Lipinski definition) is 2. The third-order valence-corrected chi connectivity index (χ3v) is 4.18. The van der Waals surface area contributed by atoms with Gasteiger partial charge in [0, 0.05) is 18.4 Å². The molecule has 0 radical (unpaired) electrons. The number of hydrogen-bond acceptors (Lipinski definition) is 5. The molecule has 0 aromatic heterocycles. The molecule has 0 aliphatic carbocycles. The van der Waals surface area contributed by atoms with E-state index in [1.807, 2.05) is 0 Å². The fourth-order valence-corrected chi connectivity index (χ4v) is 3.20. The minimum absolute atomic E-state index is 0.0208. The van der Waals surface area contributed by atoms with Crippen molar-refractivity contribution in [1.82, 2.24) is 0 Å². The summed E-state index contributed by atoms with van der Waals surface area (Å²) in [6, 6.07) is 3.84. The fourth-order valence-electron chi connectivity index (χ4n) is 1.36. The summed E-state index contributed by atoms with van der Waals surface area (Å²) >= 11 is 0. The maximum Gasteiger partial charge on any atom is 0.238 e. The van der Waals surface area contributed by atoms with Gasteiger partial charge in [-0.05, 0) is 12.1 Å². The molecule has 1 rings (SSSR count). The molecule has 6 nitrogen and oxygen atoms in total. The molecule has 4 N–H and O–H groups in total. The van der Waals surface area contributed by atoms with Crippen molar-refractivity contribution in [3.05, 3.63) is 23.8 Å². The van der Waals surface area contributed by atoms with Crippen molar-refractivity contribution in [2.45, 2.75) is 16.3 Å². The average Bonchev–Trinajstić information content (AvgIpc) is 2.13. The molecule has 0 bridgehead atoms. The molecule has 0 spiro atoms. The number of sulfonamides is 1. The first-order valence-corrected chi connectivity index (χ1v) is 7.66. The molecule has 0 heterocycles. The zero-order valence-electron chi connectivity index (χ0n) is 8.54. The number of benzene rings is 1. The maximum atomic E-state index is 11.4. The summed E-state index contributed by atoms with van der Waals surface area (Å²) in [5, 5.41) is 4.97. The molecule has 16 heavy (non-hydrogen) atoms. The molecule has 1 aromatic carbocycles. The Bertz CT molecular complexity index is 555. The van der Waals surface area contributed by atoms with Crippen LogP contribution in [-0.2, 0) is 26.4 Å². The van der Waals surface area contributed by atoms with Crippen LogP contribution in [0.15, 0.2) is 28.0 Å². The molecule has 90 valence electrons. The molecule has 0 amide bonds. The Hall–Kier alpha value is -0.960. The lowest BCUT2D eigenvalue weighted by atomic mass is 10.2. The van der Waals surface area contributed by atoms with E-state index in [1.54, 1.807) is 0 Å². The summed E-state index contributed by atoms with van der Waals surface area (Å²) in [6.07, 6.45) is 0.981. The van der Waals surface area contributed by atoms with Crippen molar-refractivity contribution in [2.75, 3.05) is 6.26 Å². The first kappa shape index (κ1) is 13.1. The lowest BCUT2D eigenvalue weighted by molar-refractivity contribution is 0.594. The number of nitrogens with two attached hydrogens (primary N) is 2. The van der Waals surface area contributed by atoms with Gasteiger partial charge < -0.3 is 5.73 Å². The van der Waals surface area contributed by atoms with E-state index in [-0.39, 0.29) is 21.9 Å². The fraction of sp³-hybridized carbons (Fsp3) is 0.250. The summed E-state index contributed by atoms with van der Waals surface area (Å²) in [7, 11) is -7.50. The number of rotatable bonds is 3. The third kappa shape index (κ3) is 2.59. The lowest BCUT2D eigenvalue weighted by Gasteiger charge is -2.10. The smallest absolute Gasteiger partial charge is 0.238 e. The van der Waals surface area contributed by atoms with E-state index in [4.69, 9.17) is 10.9 Å². The molecular formula is C8H12N2O4S2. The maximum absolute atomic E-state index is 11.4. The SMILES string of the molecule is CS(=O)(=O)c1cccc(S(N)(=O)=O)c1CN. The van der Waals surface area contributed by atoms with E-state index in [1.165, 1.54) is 18.2 Å². The number of primary sulfonamides is 1. The van der Waals surface area contributed by atoms with Gasteiger partial charge in [-0.25, -0.2) is 22.0 Å². The van der Waals surface area contributed by atoms with E-state index in [0.29, 0.717) is 0 Å². The predicted molar refractivity (Wildman–Crippen MR) is 58.8 cm³/mol. The van der Waals surface area contributed by atoms with Crippen LogP contribution in [0.4, 0.5) is 0 Å². The second-order valence-electron chi connectivity index (χ2n) is 3.25. The topological polar surface area (TPSA) is 120 Å². The van der Waals surface area contributed by atoms with E-state index in [9.17, 15) is 16.8 Å². The molecule has 0 atom stereocenters. The molecule has 0 unspecified atom stereocenters. The van der Waals surface area contributed by atoms with Gasteiger partial charge in [0.2, 0.25) is 10.0 Å². The Labute approximate surface area is 94.2 Å². The summed E-state index contributed by atoms with van der Waals surface area (Å²) in [5.41, 5.74) is 5.38. The Kier molecular flexibility index (Phi) is 3.38. The van der Waals surface area contributed by atoms with Crippen LogP contribution >= 0.6 is 0 Å². The van der Waals surface area contributed by atoms with E-state index >= 15 is 0 Å². The highest BCUT2D eigenvalue weighted by Gasteiger charge is 2.20. The van der Waals surface area contributed by atoms with E-state index in [2.05, 4.69) is 0 Å². The molecular weight excluding hydrogens is 252 g/mol. The van der Waals surface area contributed by atoms with Gasteiger partial charge in [0.15, 0.2) is 9.84 Å². The second kappa shape index (κ2) is 4.13. The van der Waals surface area contributed by atoms with Crippen LogP contribution in [0.3, 0.4) is 0 Å². The Morgan fingerprint density at radius 1 is 1.12 bits per heavy atom. The van der Waals surface area contributed by atoms with Crippen molar-refractivity contribution >= 4 is 19.9 Å². The quantitative estimate of drug-likeness (QED) is 0.740. The molecule has 0 fully saturated rings. The zero-order chi connectivity index (χ0) is 12.6. The summed E-state index contributed by atoms with van der Waals surface area (Å²) in [5.74, 6) is 0. The Morgan fingerprint density at radius 3 is 2.00 bits per heavy atom. The van der Waals surface area contributed by atoms with Gasteiger partial charge in [0.1, 0.15) is 0 Å². The Balaban J connectivity index is 3.71. The van der Waals surface area contributed by atoms with Crippen LogP contribution < -0.4 is 10.9 Å². The van der Waals surface area contributed by atoms with Crippen LogP contribution in [0.2, 0.25) is 0 Å². The van der Waals surface area contributed by atoms with Crippen molar-refractivity contribution in [2.24, 2.45) is 10.9 Å². The predicted octanol–water partition coefficient (Wildman–Crippen LogP) is -0.804. The molecule has 0 aliphatic heterocycles. The summed E-state index contributed by atoms with van der Waals surface area (Å²) < 4.78 is 45.2. The van der Waals surface area contributed by atoms with Crippen LogP contribution in [0, 0.1) is 0 Å². The van der Waals surface area contributed by atoms with Crippen molar-refractivity contribution in [1.29, 1.82) is 0 Å². The minimum atomic E-state index is -3.97. The van der Waals surface area contributed by atoms with Gasteiger partial charge >= 0.3 is 0 Å². The molecule has 0 saturated heterocycles. The largest absolute Gasteiger partial charge is 0.326 e. The second-order valence-corrected chi connectivity index (χ2v) is 6.77. The van der Waals surface area contributed by atoms with Crippen molar-refractivity contribution < 1.29 is 16.8 Å². The highest BCUT2D eigenvalue weighted by Crippen LogP contribution is 2.22.